The number of aromatic nitrogens is 1. The van der Waals surface area contributed by atoms with Crippen LogP contribution in [0, 0.1) is 0 Å². The van der Waals surface area contributed by atoms with Crippen LogP contribution in [0.3, 0.4) is 0 Å². The second-order valence-electron chi connectivity index (χ2n) is 4.18. The monoisotopic (exact) mass is 278 g/mol. The lowest BCUT2D eigenvalue weighted by atomic mass is 10.1. The Labute approximate surface area is 117 Å². The minimum Gasteiger partial charge on any atom is -0.328 e. The molecule has 0 radical (unpaired) electrons. The molecule has 0 aliphatic heterocycles. The first-order valence-electron chi connectivity index (χ1n) is 5.77. The zero-order valence-corrected chi connectivity index (χ0v) is 11.7. The van der Waals surface area contributed by atoms with E-state index >= 15 is 0 Å². The maximum Gasteiger partial charge on any atom is 0.0449 e. The molecular formula is C14H15ClN2S. The Morgan fingerprint density at radius 3 is 2.67 bits per heavy atom. The molecule has 0 fully saturated rings. The molecule has 2 rings (SSSR count). The topological polar surface area (TPSA) is 38.9 Å². The van der Waals surface area contributed by atoms with E-state index in [-0.39, 0.29) is 6.04 Å². The van der Waals surface area contributed by atoms with Gasteiger partial charge in [0.1, 0.15) is 0 Å². The van der Waals surface area contributed by atoms with Crippen LogP contribution in [0.15, 0.2) is 52.5 Å². The Morgan fingerprint density at radius 2 is 2.00 bits per heavy atom. The van der Waals surface area contributed by atoms with Gasteiger partial charge in [0.15, 0.2) is 0 Å². The van der Waals surface area contributed by atoms with Crippen LogP contribution >= 0.6 is 23.4 Å². The van der Waals surface area contributed by atoms with E-state index in [2.05, 4.69) is 11.1 Å². The Bertz CT molecular complexity index is 514. The molecule has 0 saturated heterocycles. The fourth-order valence-corrected chi connectivity index (χ4v) is 2.97. The smallest absolute Gasteiger partial charge is 0.0449 e. The van der Waals surface area contributed by atoms with Gasteiger partial charge in [-0.1, -0.05) is 29.4 Å². The fraction of sp³-hybridized carbons (Fsp3) is 0.214. The molecule has 1 atom stereocenters. The molecule has 0 aliphatic carbocycles. The molecule has 2 N–H and O–H groups in total. The van der Waals surface area contributed by atoms with E-state index in [1.165, 1.54) is 0 Å². The Morgan fingerprint density at radius 1 is 1.28 bits per heavy atom. The van der Waals surface area contributed by atoms with Crippen LogP contribution in [0.25, 0.3) is 0 Å². The minimum atomic E-state index is 0.0988. The summed E-state index contributed by atoms with van der Waals surface area (Å²) in [4.78, 5) is 6.33. The van der Waals surface area contributed by atoms with Crippen LogP contribution < -0.4 is 5.73 Å². The number of halogens is 1. The van der Waals surface area contributed by atoms with Crippen molar-refractivity contribution in [3.63, 3.8) is 0 Å². The summed E-state index contributed by atoms with van der Waals surface area (Å²) in [5.74, 6) is 0. The minimum absolute atomic E-state index is 0.0988. The number of hydrogen-bond acceptors (Lipinski definition) is 3. The first-order valence-corrected chi connectivity index (χ1v) is 6.97. The second kappa shape index (κ2) is 6.23. The molecule has 1 heterocycles. The summed E-state index contributed by atoms with van der Waals surface area (Å²) in [7, 11) is 0. The maximum atomic E-state index is 6.26. The molecule has 2 aromatic rings. The van der Waals surface area contributed by atoms with Gasteiger partial charge in [0.2, 0.25) is 0 Å². The van der Waals surface area contributed by atoms with Gasteiger partial charge in [0.25, 0.3) is 0 Å². The van der Waals surface area contributed by atoms with E-state index in [0.717, 1.165) is 26.8 Å². The van der Waals surface area contributed by atoms with Crippen molar-refractivity contribution < 1.29 is 0 Å². The third-order valence-electron chi connectivity index (χ3n) is 2.48. The summed E-state index contributed by atoms with van der Waals surface area (Å²) in [6.07, 6.45) is 4.36. The lowest BCUT2D eigenvalue weighted by molar-refractivity contribution is 0.729. The van der Waals surface area contributed by atoms with Gasteiger partial charge in [-0.3, -0.25) is 4.98 Å². The van der Waals surface area contributed by atoms with Gasteiger partial charge in [-0.2, -0.15) is 0 Å². The summed E-state index contributed by atoms with van der Waals surface area (Å²) < 4.78 is 0. The summed E-state index contributed by atoms with van der Waals surface area (Å²) in [5.41, 5.74) is 7.00. The molecule has 1 aromatic heterocycles. The van der Waals surface area contributed by atoms with Crippen molar-refractivity contribution >= 4 is 23.4 Å². The standard InChI is InChI=1S/C14H15ClN2S/c1-10(16)9-12-13(15)3-2-4-14(12)18-11-5-7-17-8-6-11/h2-8,10H,9,16H2,1H3. The number of benzene rings is 1. The average Bonchev–Trinajstić information content (AvgIpc) is 2.34. The van der Waals surface area contributed by atoms with Crippen LogP contribution in [-0.4, -0.2) is 11.0 Å². The Balaban J connectivity index is 2.30. The van der Waals surface area contributed by atoms with E-state index < -0.39 is 0 Å². The highest BCUT2D eigenvalue weighted by Crippen LogP contribution is 2.34. The van der Waals surface area contributed by atoms with E-state index in [1.807, 2.05) is 31.2 Å². The Kier molecular flexibility index (Phi) is 4.64. The normalized spacial score (nSPS) is 12.4. The summed E-state index contributed by atoms with van der Waals surface area (Å²) >= 11 is 7.95. The fourth-order valence-electron chi connectivity index (χ4n) is 1.69. The van der Waals surface area contributed by atoms with Crippen molar-refractivity contribution in [2.45, 2.75) is 29.2 Å². The zero-order valence-electron chi connectivity index (χ0n) is 10.1. The lowest BCUT2D eigenvalue weighted by Gasteiger charge is -2.13. The molecule has 94 valence electrons. The lowest BCUT2D eigenvalue weighted by Crippen LogP contribution is -2.18. The van der Waals surface area contributed by atoms with E-state index in [1.54, 1.807) is 24.2 Å². The molecule has 0 aliphatic rings. The molecule has 4 heteroatoms. The molecule has 2 nitrogen and oxygen atoms in total. The molecule has 18 heavy (non-hydrogen) atoms. The molecule has 1 unspecified atom stereocenters. The summed E-state index contributed by atoms with van der Waals surface area (Å²) in [5, 5.41) is 0.784. The van der Waals surface area contributed by atoms with Crippen molar-refractivity contribution in [1.29, 1.82) is 0 Å². The van der Waals surface area contributed by atoms with Crippen molar-refractivity contribution in [3.05, 3.63) is 53.3 Å². The van der Waals surface area contributed by atoms with Crippen molar-refractivity contribution in [2.75, 3.05) is 0 Å². The van der Waals surface area contributed by atoms with Crippen molar-refractivity contribution in [3.8, 4) is 0 Å². The number of nitrogens with zero attached hydrogens (tertiary/aromatic N) is 1. The largest absolute Gasteiger partial charge is 0.328 e. The van der Waals surface area contributed by atoms with Gasteiger partial charge >= 0.3 is 0 Å². The summed E-state index contributed by atoms with van der Waals surface area (Å²) in [6.45, 7) is 1.99. The maximum absolute atomic E-state index is 6.26. The summed E-state index contributed by atoms with van der Waals surface area (Å²) in [6, 6.07) is 10.0. The quantitative estimate of drug-likeness (QED) is 0.925. The molecule has 0 saturated carbocycles. The van der Waals surface area contributed by atoms with Crippen LogP contribution in [0.4, 0.5) is 0 Å². The van der Waals surface area contributed by atoms with Gasteiger partial charge in [0, 0.05) is 33.2 Å². The molecule has 0 bridgehead atoms. The van der Waals surface area contributed by atoms with Gasteiger partial charge in [-0.15, -0.1) is 0 Å². The van der Waals surface area contributed by atoms with Crippen LogP contribution in [0.2, 0.25) is 5.02 Å². The molecule has 0 spiro atoms. The second-order valence-corrected chi connectivity index (χ2v) is 5.71. The van der Waals surface area contributed by atoms with Crippen LogP contribution in [0.1, 0.15) is 12.5 Å². The highest BCUT2D eigenvalue weighted by molar-refractivity contribution is 7.99. The predicted octanol–water partition coefficient (Wildman–Crippen LogP) is 3.78. The number of rotatable bonds is 4. The average molecular weight is 279 g/mol. The van der Waals surface area contributed by atoms with Gasteiger partial charge in [-0.05, 0) is 43.2 Å². The van der Waals surface area contributed by atoms with Crippen LogP contribution in [0.5, 0.6) is 0 Å². The van der Waals surface area contributed by atoms with Crippen molar-refractivity contribution in [2.24, 2.45) is 5.73 Å². The Hall–Kier alpha value is -1.03. The third-order valence-corrected chi connectivity index (χ3v) is 3.94. The van der Waals surface area contributed by atoms with Crippen LogP contribution in [-0.2, 0) is 6.42 Å². The predicted molar refractivity (Wildman–Crippen MR) is 77.2 cm³/mol. The zero-order chi connectivity index (χ0) is 13.0. The van der Waals surface area contributed by atoms with Crippen molar-refractivity contribution in [1.82, 2.24) is 4.98 Å². The SMILES string of the molecule is CC(N)Cc1c(Cl)cccc1Sc1ccncc1. The molecule has 0 amide bonds. The molecule has 1 aromatic carbocycles. The van der Waals surface area contributed by atoms with E-state index in [4.69, 9.17) is 17.3 Å². The third kappa shape index (κ3) is 3.48. The number of hydrogen-bond donors (Lipinski definition) is 1. The number of nitrogens with two attached hydrogens (primary N) is 1. The van der Waals surface area contributed by atoms with Gasteiger partial charge in [0.05, 0.1) is 0 Å². The number of pyridine rings is 1. The highest BCUT2D eigenvalue weighted by atomic mass is 35.5. The van der Waals surface area contributed by atoms with E-state index in [9.17, 15) is 0 Å². The van der Waals surface area contributed by atoms with Gasteiger partial charge in [-0.25, -0.2) is 0 Å². The van der Waals surface area contributed by atoms with Gasteiger partial charge < -0.3 is 5.73 Å². The van der Waals surface area contributed by atoms with E-state index in [0.29, 0.717) is 0 Å². The first-order chi connectivity index (χ1) is 8.66. The molecular weight excluding hydrogens is 264 g/mol. The highest BCUT2D eigenvalue weighted by Gasteiger charge is 2.10. The first kappa shape index (κ1) is 13.4.